The molecule has 2 heterocycles. The van der Waals surface area contributed by atoms with Crippen LogP contribution in [0.3, 0.4) is 0 Å². The van der Waals surface area contributed by atoms with Gasteiger partial charge in [0, 0.05) is 43.7 Å². The summed E-state index contributed by atoms with van der Waals surface area (Å²) in [6, 6.07) is 11.7. The Kier molecular flexibility index (Phi) is 8.06. The summed E-state index contributed by atoms with van der Waals surface area (Å²) >= 11 is 0. The maximum absolute atomic E-state index is 15.2. The van der Waals surface area contributed by atoms with Crippen LogP contribution < -0.4 is 14.5 Å². The lowest BCUT2D eigenvalue weighted by Crippen LogP contribution is -2.34. The smallest absolute Gasteiger partial charge is 0.151 e. The number of anilines is 2. The summed E-state index contributed by atoms with van der Waals surface area (Å²) < 4.78 is 20.8. The predicted molar refractivity (Wildman–Crippen MR) is 140 cm³/mol. The molecule has 6 nitrogen and oxygen atoms in total. The third kappa shape index (κ3) is 5.35. The number of aliphatic hydroxyl groups is 1. The zero-order chi connectivity index (χ0) is 24.9. The van der Waals surface area contributed by atoms with Crippen LogP contribution >= 0.6 is 0 Å². The summed E-state index contributed by atoms with van der Waals surface area (Å²) in [5, 5.41) is 10.1. The van der Waals surface area contributed by atoms with Gasteiger partial charge in [0.2, 0.25) is 0 Å². The largest absolute Gasteiger partial charge is 0.496 e. The molecule has 0 spiro atoms. The lowest BCUT2D eigenvalue weighted by atomic mass is 9.88. The number of fused-ring (bicyclic) bond motifs is 1. The molecule has 3 aromatic rings. The molecule has 7 heteroatoms. The zero-order valence-electron chi connectivity index (χ0n) is 21.3. The van der Waals surface area contributed by atoms with E-state index in [1.54, 1.807) is 7.11 Å². The van der Waals surface area contributed by atoms with Crippen LogP contribution in [-0.2, 0) is 0 Å². The van der Waals surface area contributed by atoms with Gasteiger partial charge in [0.25, 0.3) is 0 Å². The average Bonchev–Trinajstić information content (AvgIpc) is 3.75. The van der Waals surface area contributed by atoms with Crippen LogP contribution in [0.1, 0.15) is 62.8 Å². The third-order valence-corrected chi connectivity index (χ3v) is 6.93. The van der Waals surface area contributed by atoms with Gasteiger partial charge in [-0.05, 0) is 55.4 Å². The second-order valence-corrected chi connectivity index (χ2v) is 9.15. The Balaban J connectivity index is 0.00000141. The normalized spacial score (nSPS) is 16.1. The van der Waals surface area contributed by atoms with Crippen molar-refractivity contribution in [3.63, 3.8) is 0 Å². The first-order valence-corrected chi connectivity index (χ1v) is 12.8. The topological polar surface area (TPSA) is 61.7 Å². The molecule has 2 fully saturated rings. The van der Waals surface area contributed by atoms with E-state index >= 15 is 4.39 Å². The number of ether oxygens (including phenoxy) is 1. The van der Waals surface area contributed by atoms with Crippen LogP contribution in [0.5, 0.6) is 5.75 Å². The number of rotatable bonds is 7. The van der Waals surface area contributed by atoms with Crippen molar-refractivity contribution in [3.05, 3.63) is 53.6 Å². The van der Waals surface area contributed by atoms with E-state index < -0.39 is 0 Å². The highest BCUT2D eigenvalue weighted by Gasteiger charge is 2.31. The second kappa shape index (κ2) is 11.2. The van der Waals surface area contributed by atoms with Crippen LogP contribution in [0, 0.1) is 5.82 Å². The number of aliphatic hydroxyl groups excluding tert-OH is 1. The molecular formula is C28H37FN4O2. The zero-order valence-corrected chi connectivity index (χ0v) is 21.3. The van der Waals surface area contributed by atoms with Gasteiger partial charge in [-0.1, -0.05) is 32.0 Å². The quantitative estimate of drug-likeness (QED) is 0.482. The fourth-order valence-electron chi connectivity index (χ4n) is 4.85. The molecule has 0 unspecified atom stereocenters. The number of methoxy groups -OCH3 is 1. The van der Waals surface area contributed by atoms with Crippen molar-refractivity contribution >= 4 is 22.4 Å². The van der Waals surface area contributed by atoms with Crippen molar-refractivity contribution in [2.75, 3.05) is 50.2 Å². The number of para-hydroxylation sites is 1. The number of hydrogen-bond donors (Lipinski definition) is 1. The van der Waals surface area contributed by atoms with Gasteiger partial charge in [0.05, 0.1) is 13.7 Å². The van der Waals surface area contributed by atoms with Crippen LogP contribution in [0.25, 0.3) is 10.9 Å². The number of piperidine rings is 1. The number of hydrogen-bond acceptors (Lipinski definition) is 6. The fraction of sp³-hybridized carbons (Fsp3) is 0.500. The minimum Gasteiger partial charge on any atom is -0.496 e. The summed E-state index contributed by atoms with van der Waals surface area (Å²) in [7, 11) is 3.58. The molecule has 35 heavy (non-hydrogen) atoms. The molecule has 1 aliphatic heterocycles. The van der Waals surface area contributed by atoms with E-state index in [9.17, 15) is 5.11 Å². The molecule has 2 aromatic carbocycles. The monoisotopic (exact) mass is 480 g/mol. The van der Waals surface area contributed by atoms with Crippen LogP contribution in [0.2, 0.25) is 0 Å². The van der Waals surface area contributed by atoms with E-state index in [0.29, 0.717) is 23.9 Å². The Morgan fingerprint density at radius 1 is 1.06 bits per heavy atom. The molecule has 0 amide bonds. The highest BCUT2D eigenvalue weighted by molar-refractivity contribution is 5.93. The maximum Gasteiger partial charge on any atom is 0.151 e. The number of aromatic nitrogens is 2. The molecule has 0 bridgehead atoms. The lowest BCUT2D eigenvalue weighted by Gasteiger charge is -2.34. The minimum atomic E-state index is -0.332. The first-order valence-electron chi connectivity index (χ1n) is 12.8. The van der Waals surface area contributed by atoms with Gasteiger partial charge in [-0.25, -0.2) is 14.4 Å². The molecule has 2 aliphatic rings. The first-order chi connectivity index (χ1) is 17.1. The van der Waals surface area contributed by atoms with Crippen LogP contribution in [0.15, 0.2) is 36.4 Å². The standard InChI is InChI=1S/C26H31FN4O2.C2H6/c1-30(13-14-32)19-15-21-24(22(27)16-19)28-25(18-7-8-18)29-26(21)31-11-9-17(10-12-31)20-5-3-4-6-23(20)33-2;1-2/h3-6,15-18,32H,7-14H2,1-2H3;1-2H3. The molecule has 1 N–H and O–H groups in total. The highest BCUT2D eigenvalue weighted by atomic mass is 19.1. The van der Waals surface area contributed by atoms with Gasteiger partial charge >= 0.3 is 0 Å². The molecule has 0 radical (unpaired) electrons. The number of nitrogens with zero attached hydrogens (tertiary/aromatic N) is 4. The van der Waals surface area contributed by atoms with E-state index in [-0.39, 0.29) is 12.4 Å². The summed E-state index contributed by atoms with van der Waals surface area (Å²) in [6.07, 6.45) is 4.11. The molecule has 1 saturated heterocycles. The van der Waals surface area contributed by atoms with Crippen molar-refractivity contribution < 1.29 is 14.2 Å². The van der Waals surface area contributed by atoms with Gasteiger partial charge in [-0.2, -0.15) is 0 Å². The second-order valence-electron chi connectivity index (χ2n) is 9.15. The highest BCUT2D eigenvalue weighted by Crippen LogP contribution is 2.42. The fourth-order valence-corrected chi connectivity index (χ4v) is 4.85. The van der Waals surface area contributed by atoms with E-state index in [1.807, 2.05) is 44.0 Å². The van der Waals surface area contributed by atoms with E-state index in [0.717, 1.165) is 67.2 Å². The van der Waals surface area contributed by atoms with Gasteiger partial charge in [-0.15, -0.1) is 0 Å². The number of benzene rings is 2. The summed E-state index contributed by atoms with van der Waals surface area (Å²) in [5.74, 6) is 2.98. The van der Waals surface area contributed by atoms with Gasteiger partial charge in [0.1, 0.15) is 22.9 Å². The molecule has 1 aliphatic carbocycles. The van der Waals surface area contributed by atoms with E-state index in [2.05, 4.69) is 22.0 Å². The van der Waals surface area contributed by atoms with Crippen LogP contribution in [-0.4, -0.2) is 55.5 Å². The average molecular weight is 481 g/mol. The van der Waals surface area contributed by atoms with Crippen molar-refractivity contribution in [3.8, 4) is 5.75 Å². The van der Waals surface area contributed by atoms with E-state index in [1.165, 1.54) is 11.6 Å². The summed E-state index contributed by atoms with van der Waals surface area (Å²) in [4.78, 5) is 13.7. The molecule has 1 saturated carbocycles. The lowest BCUT2D eigenvalue weighted by molar-refractivity contribution is 0.304. The Morgan fingerprint density at radius 3 is 2.43 bits per heavy atom. The maximum atomic E-state index is 15.2. The molecule has 5 rings (SSSR count). The summed E-state index contributed by atoms with van der Waals surface area (Å²) in [5.41, 5.74) is 2.38. The molecule has 188 valence electrons. The molecular weight excluding hydrogens is 443 g/mol. The Bertz CT molecular complexity index is 1140. The Morgan fingerprint density at radius 2 is 1.77 bits per heavy atom. The SMILES string of the molecule is CC.COc1ccccc1C1CCN(c2nc(C3CC3)nc3c(F)cc(N(C)CCO)cc23)CC1. The van der Waals surface area contributed by atoms with Crippen molar-refractivity contribution in [2.24, 2.45) is 0 Å². The molecule has 0 atom stereocenters. The Labute approximate surface area is 207 Å². The first kappa shape index (κ1) is 25.2. The van der Waals surface area contributed by atoms with Gasteiger partial charge in [0.15, 0.2) is 5.82 Å². The molecule has 1 aromatic heterocycles. The van der Waals surface area contributed by atoms with Crippen molar-refractivity contribution in [2.45, 2.75) is 51.4 Å². The number of likely N-dealkylation sites (N-methyl/N-ethyl adjacent to an activating group) is 1. The predicted octanol–water partition coefficient (Wildman–Crippen LogP) is 5.49. The van der Waals surface area contributed by atoms with Gasteiger partial charge in [-0.3, -0.25) is 0 Å². The minimum absolute atomic E-state index is 0.0105. The summed E-state index contributed by atoms with van der Waals surface area (Å²) in [6.45, 7) is 6.14. The van der Waals surface area contributed by atoms with E-state index in [4.69, 9.17) is 9.72 Å². The van der Waals surface area contributed by atoms with Crippen molar-refractivity contribution in [1.82, 2.24) is 9.97 Å². The van der Waals surface area contributed by atoms with Gasteiger partial charge < -0.3 is 19.6 Å². The third-order valence-electron chi connectivity index (χ3n) is 6.93. The number of halogens is 1. The van der Waals surface area contributed by atoms with Crippen LogP contribution in [0.4, 0.5) is 15.9 Å². The van der Waals surface area contributed by atoms with Crippen molar-refractivity contribution in [1.29, 1.82) is 0 Å². The Hall–Kier alpha value is -2.93.